The topological polar surface area (TPSA) is 29.9 Å². The molecule has 1 aromatic carbocycles. The van der Waals surface area contributed by atoms with Crippen molar-refractivity contribution < 1.29 is 4.39 Å². The highest BCUT2D eigenvalue weighted by Gasteiger charge is 2.16. The molecule has 0 amide bonds. The van der Waals surface area contributed by atoms with E-state index in [1.54, 1.807) is 10.7 Å². The molecule has 1 aromatic heterocycles. The van der Waals surface area contributed by atoms with Crippen molar-refractivity contribution in [3.05, 3.63) is 41.5 Å². The zero-order valence-corrected chi connectivity index (χ0v) is 8.29. The van der Waals surface area contributed by atoms with Gasteiger partial charge in [-0.1, -0.05) is 0 Å². The van der Waals surface area contributed by atoms with Crippen molar-refractivity contribution in [1.29, 1.82) is 0 Å². The number of anilines is 1. The van der Waals surface area contributed by atoms with E-state index < -0.39 is 0 Å². The van der Waals surface area contributed by atoms with Crippen molar-refractivity contribution in [2.45, 2.75) is 13.5 Å². The smallest absolute Gasteiger partial charge is 0.125 e. The molecule has 0 atom stereocenters. The second-order valence-electron chi connectivity index (χ2n) is 3.70. The number of rotatable bonds is 0. The molecule has 0 saturated carbocycles. The Kier molecular flexibility index (Phi) is 1.59. The minimum atomic E-state index is -0.239. The quantitative estimate of drug-likeness (QED) is 0.711. The fourth-order valence-electron chi connectivity index (χ4n) is 1.90. The highest BCUT2D eigenvalue weighted by Crippen LogP contribution is 2.27. The Labute approximate surface area is 86.5 Å². The summed E-state index contributed by atoms with van der Waals surface area (Å²) in [5.41, 5.74) is 3.71. The van der Waals surface area contributed by atoms with E-state index in [4.69, 9.17) is 0 Å². The zero-order valence-electron chi connectivity index (χ0n) is 8.29. The van der Waals surface area contributed by atoms with Gasteiger partial charge in [-0.25, -0.2) is 9.07 Å². The molecule has 0 fully saturated rings. The molecule has 4 heteroatoms. The van der Waals surface area contributed by atoms with Crippen LogP contribution in [0.3, 0.4) is 0 Å². The summed E-state index contributed by atoms with van der Waals surface area (Å²) in [5, 5.41) is 7.58. The lowest BCUT2D eigenvalue weighted by Gasteiger charge is -2.19. The molecule has 3 rings (SSSR count). The first-order valence-corrected chi connectivity index (χ1v) is 4.83. The van der Waals surface area contributed by atoms with E-state index in [-0.39, 0.29) is 5.82 Å². The van der Waals surface area contributed by atoms with Crippen molar-refractivity contribution in [2.24, 2.45) is 0 Å². The van der Waals surface area contributed by atoms with Crippen LogP contribution in [0.25, 0.3) is 5.69 Å². The normalized spacial score (nSPS) is 12.9. The number of benzene rings is 1. The Morgan fingerprint density at radius 1 is 1.40 bits per heavy atom. The van der Waals surface area contributed by atoms with Gasteiger partial charge < -0.3 is 5.32 Å². The Morgan fingerprint density at radius 2 is 2.27 bits per heavy atom. The van der Waals surface area contributed by atoms with Crippen LogP contribution in [-0.2, 0) is 6.54 Å². The van der Waals surface area contributed by atoms with E-state index in [9.17, 15) is 4.39 Å². The average Bonchev–Trinajstić information content (AvgIpc) is 2.58. The van der Waals surface area contributed by atoms with E-state index in [1.807, 2.05) is 13.0 Å². The Morgan fingerprint density at radius 3 is 3.13 bits per heavy atom. The Hall–Kier alpha value is -1.84. The van der Waals surface area contributed by atoms with Crippen LogP contribution in [0, 0.1) is 12.7 Å². The monoisotopic (exact) mass is 203 g/mol. The number of halogens is 1. The standard InChI is InChI=1S/C11H10FN3/c1-7-4-9-6-13-10-3-2-8(12)5-11(10)15(9)14-7/h2-5,13H,6H2,1H3. The number of aromatic nitrogens is 2. The van der Waals surface area contributed by atoms with E-state index in [0.717, 1.165) is 29.3 Å². The summed E-state index contributed by atoms with van der Waals surface area (Å²) in [6.45, 7) is 2.67. The molecule has 0 aliphatic carbocycles. The Bertz CT molecular complexity index is 531. The van der Waals surface area contributed by atoms with E-state index in [0.29, 0.717) is 0 Å². The average molecular weight is 203 g/mol. The van der Waals surface area contributed by atoms with E-state index >= 15 is 0 Å². The molecular weight excluding hydrogens is 193 g/mol. The first-order chi connectivity index (χ1) is 7.24. The van der Waals surface area contributed by atoms with Crippen molar-refractivity contribution in [3.63, 3.8) is 0 Å². The molecule has 2 aromatic rings. The fraction of sp³-hybridized carbons (Fsp3) is 0.182. The first-order valence-electron chi connectivity index (χ1n) is 4.83. The van der Waals surface area contributed by atoms with Crippen LogP contribution >= 0.6 is 0 Å². The van der Waals surface area contributed by atoms with Crippen LogP contribution < -0.4 is 5.32 Å². The van der Waals surface area contributed by atoms with Crippen molar-refractivity contribution in [1.82, 2.24) is 9.78 Å². The van der Waals surface area contributed by atoms with Crippen LogP contribution in [0.1, 0.15) is 11.4 Å². The summed E-state index contributed by atoms with van der Waals surface area (Å²) in [4.78, 5) is 0. The lowest BCUT2D eigenvalue weighted by atomic mass is 10.2. The van der Waals surface area contributed by atoms with Gasteiger partial charge in [0.15, 0.2) is 0 Å². The summed E-state index contributed by atoms with van der Waals surface area (Å²) in [6, 6.07) is 6.69. The van der Waals surface area contributed by atoms with Gasteiger partial charge in [-0.15, -0.1) is 0 Å². The van der Waals surface area contributed by atoms with E-state index in [1.165, 1.54) is 12.1 Å². The lowest BCUT2D eigenvalue weighted by Crippen LogP contribution is -2.15. The van der Waals surface area contributed by atoms with Gasteiger partial charge in [0.1, 0.15) is 5.82 Å². The summed E-state index contributed by atoms with van der Waals surface area (Å²) < 4.78 is 14.9. The minimum Gasteiger partial charge on any atom is -0.378 e. The SMILES string of the molecule is Cc1cc2n(n1)-c1cc(F)ccc1NC2. The van der Waals surface area contributed by atoms with Gasteiger partial charge in [-0.3, -0.25) is 0 Å². The first kappa shape index (κ1) is 8.47. The summed E-state index contributed by atoms with van der Waals surface area (Å²) in [7, 11) is 0. The molecule has 0 radical (unpaired) electrons. The van der Waals surface area contributed by atoms with Crippen LogP contribution in [0.2, 0.25) is 0 Å². The van der Waals surface area contributed by atoms with Crippen LogP contribution in [0.4, 0.5) is 10.1 Å². The van der Waals surface area contributed by atoms with Crippen molar-refractivity contribution >= 4 is 5.69 Å². The summed E-state index contributed by atoms with van der Waals surface area (Å²) in [6.07, 6.45) is 0. The van der Waals surface area contributed by atoms with E-state index in [2.05, 4.69) is 10.4 Å². The summed E-state index contributed by atoms with van der Waals surface area (Å²) >= 11 is 0. The maximum Gasteiger partial charge on any atom is 0.125 e. The molecule has 1 aliphatic rings. The third-order valence-corrected chi connectivity index (χ3v) is 2.55. The highest BCUT2D eigenvalue weighted by molar-refractivity contribution is 5.63. The van der Waals surface area contributed by atoms with Gasteiger partial charge in [0.25, 0.3) is 0 Å². The molecule has 1 aliphatic heterocycles. The molecular formula is C11H10FN3. The van der Waals surface area contributed by atoms with Crippen molar-refractivity contribution in [3.8, 4) is 5.69 Å². The summed E-state index contributed by atoms with van der Waals surface area (Å²) in [5.74, 6) is -0.239. The van der Waals surface area contributed by atoms with Gasteiger partial charge in [-0.05, 0) is 25.1 Å². The zero-order chi connectivity index (χ0) is 10.4. The molecule has 3 nitrogen and oxygen atoms in total. The largest absolute Gasteiger partial charge is 0.378 e. The number of hydrogen-bond acceptors (Lipinski definition) is 2. The maximum atomic E-state index is 13.1. The number of fused-ring (bicyclic) bond motifs is 3. The fourth-order valence-corrected chi connectivity index (χ4v) is 1.90. The van der Waals surface area contributed by atoms with Gasteiger partial charge in [0.2, 0.25) is 0 Å². The molecule has 0 unspecified atom stereocenters. The predicted octanol–water partition coefficient (Wildman–Crippen LogP) is 2.25. The number of hydrogen-bond donors (Lipinski definition) is 1. The predicted molar refractivity (Wildman–Crippen MR) is 55.6 cm³/mol. The third-order valence-electron chi connectivity index (χ3n) is 2.55. The number of nitrogens with one attached hydrogen (secondary N) is 1. The van der Waals surface area contributed by atoms with Gasteiger partial charge >= 0.3 is 0 Å². The van der Waals surface area contributed by atoms with Crippen LogP contribution in [0.5, 0.6) is 0 Å². The van der Waals surface area contributed by atoms with Gasteiger partial charge in [0, 0.05) is 6.07 Å². The second-order valence-corrected chi connectivity index (χ2v) is 3.70. The van der Waals surface area contributed by atoms with Crippen molar-refractivity contribution in [2.75, 3.05) is 5.32 Å². The number of aryl methyl sites for hydroxylation is 1. The molecule has 0 bridgehead atoms. The second kappa shape index (κ2) is 2.82. The molecule has 1 N–H and O–H groups in total. The molecule has 15 heavy (non-hydrogen) atoms. The molecule has 0 spiro atoms. The van der Waals surface area contributed by atoms with Gasteiger partial charge in [-0.2, -0.15) is 5.10 Å². The van der Waals surface area contributed by atoms with Crippen LogP contribution in [0.15, 0.2) is 24.3 Å². The maximum absolute atomic E-state index is 13.1. The third kappa shape index (κ3) is 1.21. The Balaban J connectivity index is 2.27. The molecule has 76 valence electrons. The van der Waals surface area contributed by atoms with Crippen LogP contribution in [-0.4, -0.2) is 9.78 Å². The van der Waals surface area contributed by atoms with Gasteiger partial charge in [0.05, 0.1) is 29.3 Å². The molecule has 2 heterocycles. The highest BCUT2D eigenvalue weighted by atomic mass is 19.1. The molecule has 0 saturated heterocycles. The minimum absolute atomic E-state index is 0.239. The number of nitrogens with zero attached hydrogens (tertiary/aromatic N) is 2. The lowest BCUT2D eigenvalue weighted by molar-refractivity contribution is 0.624.